The van der Waals surface area contributed by atoms with Crippen molar-refractivity contribution in [3.05, 3.63) is 0 Å². The fourth-order valence-corrected chi connectivity index (χ4v) is 4.60. The summed E-state index contributed by atoms with van der Waals surface area (Å²) in [5.74, 6) is -7.55. The fourth-order valence-electron chi connectivity index (χ4n) is 4.60. The number of fused-ring (bicyclic) bond motifs is 1. The lowest BCUT2D eigenvalue weighted by atomic mass is 9.78. The van der Waals surface area contributed by atoms with Gasteiger partial charge in [0.1, 0.15) is 12.2 Å². The maximum absolute atomic E-state index is 12.8. The Bertz CT molecular complexity index is 703. The lowest BCUT2D eigenvalue weighted by Crippen LogP contribution is -2.49. The molecular weight excluding hydrogens is 426 g/mol. The van der Waals surface area contributed by atoms with Gasteiger partial charge in [-0.15, -0.1) is 0 Å². The van der Waals surface area contributed by atoms with E-state index in [4.69, 9.17) is 9.47 Å². The standard InChI is InChI=1S/C18H20F6O6/c1-6(2)3-4-9(25)28-12-7-5-8-10(14(26)29-13(8)12)11(7)15(27)30-16(17(19,20)21)18(22,23)24/h6-8,10-13,16H,3-5H2,1-2H3. The van der Waals surface area contributed by atoms with Crippen LogP contribution in [0.1, 0.15) is 33.1 Å². The van der Waals surface area contributed by atoms with E-state index in [0.717, 1.165) is 0 Å². The SMILES string of the molecule is CC(C)CCC(=O)OC1C2CC3C1OC(=O)C3C2C(=O)OC(C(F)(F)F)C(F)(F)F. The zero-order valence-corrected chi connectivity index (χ0v) is 16.0. The molecule has 0 spiro atoms. The van der Waals surface area contributed by atoms with Gasteiger partial charge in [-0.2, -0.15) is 26.3 Å². The second-order valence-electron chi connectivity index (χ2n) is 8.30. The van der Waals surface area contributed by atoms with Gasteiger partial charge in [-0.05, 0) is 18.8 Å². The first-order chi connectivity index (χ1) is 13.7. The molecule has 6 unspecified atom stereocenters. The molecule has 6 atom stereocenters. The molecule has 1 aliphatic heterocycles. The zero-order valence-electron chi connectivity index (χ0n) is 16.0. The first-order valence-corrected chi connectivity index (χ1v) is 9.45. The van der Waals surface area contributed by atoms with Gasteiger partial charge >= 0.3 is 30.3 Å². The number of alkyl halides is 6. The van der Waals surface area contributed by atoms with Crippen LogP contribution >= 0.6 is 0 Å². The summed E-state index contributed by atoms with van der Waals surface area (Å²) in [5.41, 5.74) is 0. The van der Waals surface area contributed by atoms with E-state index >= 15 is 0 Å². The molecule has 12 heteroatoms. The van der Waals surface area contributed by atoms with Gasteiger partial charge in [0.05, 0.1) is 11.8 Å². The average molecular weight is 446 g/mol. The smallest absolute Gasteiger partial charge is 0.434 e. The summed E-state index contributed by atoms with van der Waals surface area (Å²) in [6.45, 7) is 3.75. The molecule has 1 heterocycles. The van der Waals surface area contributed by atoms with Crippen molar-refractivity contribution in [2.75, 3.05) is 0 Å². The Balaban J connectivity index is 1.77. The molecule has 0 aromatic heterocycles. The number of ether oxygens (including phenoxy) is 3. The molecule has 3 rings (SSSR count). The van der Waals surface area contributed by atoms with Gasteiger partial charge < -0.3 is 14.2 Å². The summed E-state index contributed by atoms with van der Waals surface area (Å²) in [5, 5.41) is 0. The van der Waals surface area contributed by atoms with Crippen molar-refractivity contribution in [1.29, 1.82) is 0 Å². The summed E-state index contributed by atoms with van der Waals surface area (Å²) in [7, 11) is 0. The molecule has 0 radical (unpaired) electrons. The van der Waals surface area contributed by atoms with Gasteiger partial charge in [-0.3, -0.25) is 14.4 Å². The number of hydrogen-bond acceptors (Lipinski definition) is 6. The quantitative estimate of drug-likeness (QED) is 0.354. The monoisotopic (exact) mass is 446 g/mol. The molecule has 6 nitrogen and oxygen atoms in total. The van der Waals surface area contributed by atoms with Crippen LogP contribution in [0.15, 0.2) is 0 Å². The minimum absolute atomic E-state index is 0.0367. The van der Waals surface area contributed by atoms with E-state index in [1.807, 2.05) is 13.8 Å². The van der Waals surface area contributed by atoms with Crippen molar-refractivity contribution in [1.82, 2.24) is 0 Å². The number of halogens is 6. The van der Waals surface area contributed by atoms with E-state index in [2.05, 4.69) is 4.74 Å². The van der Waals surface area contributed by atoms with E-state index in [-0.39, 0.29) is 18.8 Å². The topological polar surface area (TPSA) is 78.9 Å². The van der Waals surface area contributed by atoms with Crippen LogP contribution < -0.4 is 0 Å². The molecule has 2 saturated carbocycles. The first kappa shape index (κ1) is 22.7. The second-order valence-corrected chi connectivity index (χ2v) is 8.30. The molecule has 2 bridgehead atoms. The van der Waals surface area contributed by atoms with E-state index < -0.39 is 72.2 Å². The first-order valence-electron chi connectivity index (χ1n) is 9.45. The highest BCUT2D eigenvalue weighted by Gasteiger charge is 2.71. The van der Waals surface area contributed by atoms with Crippen molar-refractivity contribution in [3.63, 3.8) is 0 Å². The fraction of sp³-hybridized carbons (Fsp3) is 0.833. The molecule has 0 N–H and O–H groups in total. The number of esters is 3. The Labute approximate surface area is 167 Å². The predicted molar refractivity (Wildman–Crippen MR) is 84.4 cm³/mol. The highest BCUT2D eigenvalue weighted by Crippen LogP contribution is 2.59. The maximum atomic E-state index is 12.8. The summed E-state index contributed by atoms with van der Waals surface area (Å²) in [4.78, 5) is 36.5. The largest absolute Gasteiger partial charge is 0.458 e. The van der Waals surface area contributed by atoms with Gasteiger partial charge in [-0.1, -0.05) is 13.8 Å². The van der Waals surface area contributed by atoms with Crippen LogP contribution in [0.3, 0.4) is 0 Å². The molecule has 3 fully saturated rings. The van der Waals surface area contributed by atoms with Gasteiger partial charge in [0.15, 0.2) is 0 Å². The molecule has 0 aromatic rings. The maximum Gasteiger partial charge on any atom is 0.434 e. The Kier molecular flexibility index (Phi) is 5.74. The van der Waals surface area contributed by atoms with Gasteiger partial charge in [0.25, 0.3) is 6.10 Å². The van der Waals surface area contributed by atoms with Gasteiger partial charge in [0.2, 0.25) is 0 Å². The van der Waals surface area contributed by atoms with Crippen LogP contribution in [0.5, 0.6) is 0 Å². The van der Waals surface area contributed by atoms with Gasteiger partial charge in [-0.25, -0.2) is 0 Å². The van der Waals surface area contributed by atoms with Crippen molar-refractivity contribution in [3.8, 4) is 0 Å². The molecule has 2 aliphatic carbocycles. The van der Waals surface area contributed by atoms with Crippen molar-refractivity contribution in [2.24, 2.45) is 29.6 Å². The number of rotatable bonds is 6. The highest BCUT2D eigenvalue weighted by atomic mass is 19.4. The molecule has 1 saturated heterocycles. The molecular formula is C18H20F6O6. The third-order valence-electron chi connectivity index (χ3n) is 5.84. The summed E-state index contributed by atoms with van der Waals surface area (Å²) < 4.78 is 90.8. The van der Waals surface area contributed by atoms with Crippen LogP contribution in [0.25, 0.3) is 0 Å². The minimum Gasteiger partial charge on any atom is -0.458 e. The second kappa shape index (κ2) is 7.60. The Morgan fingerprint density at radius 1 is 1.10 bits per heavy atom. The van der Waals surface area contributed by atoms with Crippen LogP contribution in [0, 0.1) is 29.6 Å². The number of carbonyl (C=O) groups excluding carboxylic acids is 3. The third kappa shape index (κ3) is 4.09. The van der Waals surface area contributed by atoms with Crippen molar-refractivity contribution < 1.29 is 54.9 Å². The average Bonchev–Trinajstić information content (AvgIpc) is 3.19. The normalized spacial score (nSPS) is 32.7. The van der Waals surface area contributed by atoms with Crippen molar-refractivity contribution in [2.45, 2.75) is 63.8 Å². The lowest BCUT2D eigenvalue weighted by molar-refractivity contribution is -0.315. The van der Waals surface area contributed by atoms with Gasteiger partial charge in [0, 0.05) is 18.3 Å². The lowest BCUT2D eigenvalue weighted by Gasteiger charge is -2.31. The van der Waals surface area contributed by atoms with Crippen LogP contribution in [-0.4, -0.2) is 48.6 Å². The van der Waals surface area contributed by atoms with E-state index in [1.165, 1.54) is 0 Å². The predicted octanol–water partition coefficient (Wildman–Crippen LogP) is 3.18. The third-order valence-corrected chi connectivity index (χ3v) is 5.84. The summed E-state index contributed by atoms with van der Waals surface area (Å²) in [6.07, 6.45) is -17.4. The summed E-state index contributed by atoms with van der Waals surface area (Å²) >= 11 is 0. The minimum atomic E-state index is -5.87. The van der Waals surface area contributed by atoms with Crippen LogP contribution in [0.2, 0.25) is 0 Å². The van der Waals surface area contributed by atoms with E-state index in [1.54, 1.807) is 0 Å². The molecule has 3 aliphatic rings. The van der Waals surface area contributed by atoms with E-state index in [0.29, 0.717) is 6.42 Å². The highest BCUT2D eigenvalue weighted by molar-refractivity contribution is 5.86. The zero-order chi connectivity index (χ0) is 22.6. The molecule has 0 amide bonds. The van der Waals surface area contributed by atoms with Crippen LogP contribution in [-0.2, 0) is 28.6 Å². The molecule has 30 heavy (non-hydrogen) atoms. The molecule has 170 valence electrons. The number of carbonyl (C=O) groups is 3. The summed E-state index contributed by atoms with van der Waals surface area (Å²) in [6, 6.07) is 0. The Morgan fingerprint density at radius 3 is 2.23 bits per heavy atom. The van der Waals surface area contributed by atoms with E-state index in [9.17, 15) is 40.7 Å². The van der Waals surface area contributed by atoms with Crippen molar-refractivity contribution >= 4 is 17.9 Å². The number of hydrogen-bond donors (Lipinski definition) is 0. The Hall–Kier alpha value is -2.01. The van der Waals surface area contributed by atoms with Crippen LogP contribution in [0.4, 0.5) is 26.3 Å². The Morgan fingerprint density at radius 2 is 1.70 bits per heavy atom. The molecule has 0 aromatic carbocycles.